The second-order valence-corrected chi connectivity index (χ2v) is 4.21. The van der Waals surface area contributed by atoms with Crippen LogP contribution in [0.1, 0.15) is 11.4 Å². The number of hydrogen-bond acceptors (Lipinski definition) is 4. The molecule has 18 heavy (non-hydrogen) atoms. The lowest BCUT2D eigenvalue weighted by Crippen LogP contribution is -2.12. The number of rotatable bonds is 5. The van der Waals surface area contributed by atoms with Gasteiger partial charge < -0.3 is 10.6 Å². The Morgan fingerprint density at radius 1 is 1.22 bits per heavy atom. The fraction of sp³-hybridized carbons (Fsp3) is 0.286. The highest BCUT2D eigenvalue weighted by molar-refractivity contribution is 5.56. The second kappa shape index (κ2) is 6.12. The van der Waals surface area contributed by atoms with Crippen LogP contribution >= 0.6 is 0 Å². The van der Waals surface area contributed by atoms with Gasteiger partial charge in [-0.1, -0.05) is 12.1 Å². The maximum atomic E-state index is 4.47. The Morgan fingerprint density at radius 3 is 2.89 bits per heavy atom. The van der Waals surface area contributed by atoms with E-state index in [0.717, 1.165) is 30.3 Å². The molecule has 0 aliphatic heterocycles. The molecule has 0 saturated carbocycles. The normalized spacial score (nSPS) is 10.3. The van der Waals surface area contributed by atoms with Crippen molar-refractivity contribution in [3.8, 4) is 0 Å². The highest BCUT2D eigenvalue weighted by Crippen LogP contribution is 2.15. The number of nitrogens with one attached hydrogen (secondary N) is 2. The molecule has 0 radical (unpaired) electrons. The first-order valence-electron chi connectivity index (χ1n) is 6.08. The van der Waals surface area contributed by atoms with Gasteiger partial charge in [0.05, 0.1) is 0 Å². The molecule has 0 amide bonds. The Morgan fingerprint density at radius 2 is 2.11 bits per heavy atom. The maximum absolute atomic E-state index is 4.47. The highest BCUT2D eigenvalue weighted by Gasteiger charge is 2.00. The molecular formula is C14H18N4. The van der Waals surface area contributed by atoms with Gasteiger partial charge in [0.15, 0.2) is 0 Å². The fourth-order valence-corrected chi connectivity index (χ4v) is 1.70. The number of aromatic nitrogens is 2. The van der Waals surface area contributed by atoms with E-state index in [1.165, 1.54) is 5.56 Å². The van der Waals surface area contributed by atoms with Gasteiger partial charge in [-0.05, 0) is 37.7 Å². The van der Waals surface area contributed by atoms with Crippen LogP contribution in [0.2, 0.25) is 0 Å². The summed E-state index contributed by atoms with van der Waals surface area (Å²) in [5.41, 5.74) is 2.28. The molecule has 0 bridgehead atoms. The van der Waals surface area contributed by atoms with E-state index in [0.29, 0.717) is 0 Å². The Kier molecular flexibility index (Phi) is 4.25. The Balaban J connectivity index is 2.09. The van der Waals surface area contributed by atoms with Crippen LogP contribution in [0, 0.1) is 6.92 Å². The smallest absolute Gasteiger partial charge is 0.134 e. The molecule has 4 heteroatoms. The topological polar surface area (TPSA) is 49.8 Å². The molecule has 2 rings (SSSR count). The molecule has 4 nitrogen and oxygen atoms in total. The maximum Gasteiger partial charge on any atom is 0.134 e. The van der Waals surface area contributed by atoms with Crippen LogP contribution in [0.4, 0.5) is 11.5 Å². The monoisotopic (exact) mass is 242 g/mol. The zero-order chi connectivity index (χ0) is 12.8. The number of likely N-dealkylation sites (N-methyl/N-ethyl adjacent to an activating group) is 1. The zero-order valence-corrected chi connectivity index (χ0v) is 10.8. The molecule has 1 aromatic carbocycles. The number of benzene rings is 1. The highest BCUT2D eigenvalue weighted by atomic mass is 15.0. The SMILES string of the molecule is CNCCc1nccc(Nc2cccc(C)c2)n1. The summed E-state index contributed by atoms with van der Waals surface area (Å²) in [6, 6.07) is 10.1. The molecule has 0 aliphatic carbocycles. The van der Waals surface area contributed by atoms with Crippen molar-refractivity contribution < 1.29 is 0 Å². The predicted octanol–water partition coefficient (Wildman–Crippen LogP) is 2.29. The van der Waals surface area contributed by atoms with Gasteiger partial charge in [-0.2, -0.15) is 0 Å². The predicted molar refractivity (Wildman–Crippen MR) is 74.1 cm³/mol. The van der Waals surface area contributed by atoms with E-state index in [1.54, 1.807) is 6.20 Å². The summed E-state index contributed by atoms with van der Waals surface area (Å²) in [5.74, 6) is 1.68. The van der Waals surface area contributed by atoms with E-state index < -0.39 is 0 Å². The van der Waals surface area contributed by atoms with Gasteiger partial charge in [-0.25, -0.2) is 9.97 Å². The molecule has 2 aromatic rings. The third kappa shape index (κ3) is 3.53. The molecule has 1 aromatic heterocycles. The van der Waals surface area contributed by atoms with Gasteiger partial charge in [-0.15, -0.1) is 0 Å². The number of anilines is 2. The van der Waals surface area contributed by atoms with Crippen LogP contribution in [0.25, 0.3) is 0 Å². The van der Waals surface area contributed by atoms with Crippen molar-refractivity contribution in [3.63, 3.8) is 0 Å². The average Bonchev–Trinajstić information content (AvgIpc) is 2.37. The third-order valence-corrected chi connectivity index (χ3v) is 2.59. The van der Waals surface area contributed by atoms with Crippen LogP contribution in [0.15, 0.2) is 36.5 Å². The molecule has 0 aliphatic rings. The Bertz CT molecular complexity index is 511. The van der Waals surface area contributed by atoms with Gasteiger partial charge in [0.1, 0.15) is 11.6 Å². The van der Waals surface area contributed by atoms with Crippen LogP contribution in [0.5, 0.6) is 0 Å². The van der Waals surface area contributed by atoms with Crippen molar-refractivity contribution in [1.82, 2.24) is 15.3 Å². The number of hydrogen-bond donors (Lipinski definition) is 2. The lowest BCUT2D eigenvalue weighted by Gasteiger charge is -2.07. The summed E-state index contributed by atoms with van der Waals surface area (Å²) < 4.78 is 0. The largest absolute Gasteiger partial charge is 0.340 e. The number of aryl methyl sites for hydroxylation is 1. The van der Waals surface area contributed by atoms with Crippen molar-refractivity contribution in [2.75, 3.05) is 18.9 Å². The Labute approximate surface area is 107 Å². The van der Waals surface area contributed by atoms with Crippen molar-refractivity contribution in [2.24, 2.45) is 0 Å². The summed E-state index contributed by atoms with van der Waals surface area (Å²) in [7, 11) is 1.93. The van der Waals surface area contributed by atoms with Crippen LogP contribution in [0.3, 0.4) is 0 Å². The van der Waals surface area contributed by atoms with E-state index in [2.05, 4.69) is 39.7 Å². The first-order valence-corrected chi connectivity index (χ1v) is 6.08. The molecule has 0 fully saturated rings. The number of nitrogens with zero attached hydrogens (tertiary/aromatic N) is 2. The van der Waals surface area contributed by atoms with E-state index in [9.17, 15) is 0 Å². The second-order valence-electron chi connectivity index (χ2n) is 4.21. The lowest BCUT2D eigenvalue weighted by atomic mass is 10.2. The summed E-state index contributed by atoms with van der Waals surface area (Å²) in [6.45, 7) is 2.96. The minimum atomic E-state index is 0.833. The fourth-order valence-electron chi connectivity index (χ4n) is 1.70. The van der Waals surface area contributed by atoms with E-state index in [-0.39, 0.29) is 0 Å². The van der Waals surface area contributed by atoms with Crippen molar-refractivity contribution >= 4 is 11.5 Å². The lowest BCUT2D eigenvalue weighted by molar-refractivity contribution is 0.756. The standard InChI is InChI=1S/C14H18N4/c1-11-4-3-5-12(10-11)17-14-7-9-16-13(18-14)6-8-15-2/h3-5,7,9-10,15H,6,8H2,1-2H3,(H,16,17,18). The first kappa shape index (κ1) is 12.5. The van der Waals surface area contributed by atoms with E-state index in [4.69, 9.17) is 0 Å². The molecule has 2 N–H and O–H groups in total. The quantitative estimate of drug-likeness (QED) is 0.844. The molecule has 0 saturated heterocycles. The summed E-state index contributed by atoms with van der Waals surface area (Å²) in [5, 5.41) is 6.38. The van der Waals surface area contributed by atoms with Crippen LogP contribution in [-0.4, -0.2) is 23.6 Å². The average molecular weight is 242 g/mol. The molecule has 1 heterocycles. The summed E-state index contributed by atoms with van der Waals surface area (Å²) in [4.78, 5) is 8.72. The van der Waals surface area contributed by atoms with Gasteiger partial charge in [0.2, 0.25) is 0 Å². The van der Waals surface area contributed by atoms with Gasteiger partial charge in [-0.3, -0.25) is 0 Å². The van der Waals surface area contributed by atoms with E-state index in [1.807, 2.05) is 25.2 Å². The molecule has 0 atom stereocenters. The van der Waals surface area contributed by atoms with Crippen LogP contribution < -0.4 is 10.6 Å². The summed E-state index contributed by atoms with van der Waals surface area (Å²) >= 11 is 0. The van der Waals surface area contributed by atoms with E-state index >= 15 is 0 Å². The minimum absolute atomic E-state index is 0.833. The molecule has 0 unspecified atom stereocenters. The Hall–Kier alpha value is -1.94. The summed E-state index contributed by atoms with van der Waals surface area (Å²) in [6.07, 6.45) is 2.62. The van der Waals surface area contributed by atoms with Gasteiger partial charge in [0, 0.05) is 24.8 Å². The van der Waals surface area contributed by atoms with Gasteiger partial charge in [0.25, 0.3) is 0 Å². The van der Waals surface area contributed by atoms with Crippen molar-refractivity contribution in [2.45, 2.75) is 13.3 Å². The van der Waals surface area contributed by atoms with Gasteiger partial charge >= 0.3 is 0 Å². The molecule has 0 spiro atoms. The first-order chi connectivity index (χ1) is 8.78. The molecular weight excluding hydrogens is 224 g/mol. The zero-order valence-electron chi connectivity index (χ0n) is 10.8. The third-order valence-electron chi connectivity index (χ3n) is 2.59. The van der Waals surface area contributed by atoms with Crippen LogP contribution in [-0.2, 0) is 6.42 Å². The van der Waals surface area contributed by atoms with Crippen molar-refractivity contribution in [3.05, 3.63) is 47.9 Å². The minimum Gasteiger partial charge on any atom is -0.340 e. The molecule has 94 valence electrons. The van der Waals surface area contributed by atoms with Crippen molar-refractivity contribution in [1.29, 1.82) is 0 Å².